The quantitative estimate of drug-likeness (QED) is 0.0282. The minimum absolute atomic E-state index is 0.00450. The number of carbonyl (C=O) groups is 3. The van der Waals surface area contributed by atoms with Crippen molar-refractivity contribution in [3.63, 3.8) is 0 Å². The first kappa shape index (κ1) is 134. The number of fused-ring (bicyclic) bond motifs is 5. The highest BCUT2D eigenvalue weighted by atomic mass is 28.4. The van der Waals surface area contributed by atoms with Gasteiger partial charge in [0.05, 0.1) is 80.6 Å². The van der Waals surface area contributed by atoms with Gasteiger partial charge >= 0.3 is 18.0 Å². The zero-order valence-corrected chi connectivity index (χ0v) is 109. The van der Waals surface area contributed by atoms with Crippen LogP contribution in [0, 0.1) is 17.8 Å². The number of carbonyl (C=O) groups excluding carboxylic acids is 3. The molecule has 0 aromatic heterocycles. The third-order valence-corrected chi connectivity index (χ3v) is 79.2. The van der Waals surface area contributed by atoms with Crippen LogP contribution >= 0.6 is 0 Å². The number of esters is 2. The summed E-state index contributed by atoms with van der Waals surface area (Å²) in [7, 11) is -19.4. The first-order chi connectivity index (χ1) is 71.4. The number of alkyl carbamates (subject to hydrolysis) is 1. The Labute approximate surface area is 918 Å². The predicted molar refractivity (Wildman–Crippen MR) is 644 cm³/mol. The number of cyclic esters (lactones) is 1. The summed E-state index contributed by atoms with van der Waals surface area (Å²) in [5.41, 5.74) is 4.52. The Kier molecular flexibility index (Phi) is 59.3. The van der Waals surface area contributed by atoms with E-state index in [1.54, 1.807) is 6.08 Å². The van der Waals surface area contributed by atoms with Crippen LogP contribution in [-0.2, 0) is 82.6 Å². The van der Waals surface area contributed by atoms with Crippen LogP contribution in [0.2, 0.25) is 163 Å². The Balaban J connectivity index is 1.78. The van der Waals surface area contributed by atoms with Gasteiger partial charge in [-0.25, -0.2) is 9.59 Å². The lowest BCUT2D eigenvalue weighted by atomic mass is 9.82. The summed E-state index contributed by atoms with van der Waals surface area (Å²) in [4.78, 5) is 45.4. The summed E-state index contributed by atoms with van der Waals surface area (Å²) in [6.07, 6.45) is 26.7. The Hall–Kier alpha value is -4.00. The average molecular weight is 2230 g/mol. The highest BCUT2D eigenvalue weighted by Gasteiger charge is 2.57. The Bertz CT molecular complexity index is 4280. The zero-order valence-electron chi connectivity index (χ0n) is 100. The van der Waals surface area contributed by atoms with Gasteiger partial charge in [0.15, 0.2) is 86.9 Å². The number of hydrogen-bond donors (Lipinski definition) is 1. The number of hydrogen-bond acceptors (Lipinski definition) is 19. The zero-order chi connectivity index (χ0) is 110. The normalized spacial score (nSPS) is 27.9. The van der Waals surface area contributed by atoms with Crippen molar-refractivity contribution in [2.45, 2.75) is 533 Å². The third-order valence-electron chi connectivity index (χ3n) is 37.2. The Morgan fingerprint density at radius 2 is 0.772 bits per heavy atom. The van der Waals surface area contributed by atoms with E-state index in [1.165, 1.54) is 7.11 Å². The number of benzene rings is 2. The van der Waals surface area contributed by atoms with E-state index in [9.17, 15) is 4.79 Å². The van der Waals surface area contributed by atoms with Gasteiger partial charge in [0.25, 0.3) is 0 Å². The molecule has 2 saturated heterocycles. The molecule has 2 aromatic rings. The standard InChI is InChI=1S/C120H215NO19Si9/c1-34-141(35-2,36-3)132-99-83-85-108(135-144(43-10,44-11)45-12)110(136-145(46-13,47-14)48-15)89-101(134-143(40-7,41-8)42-9)91-120(126-33)92-111(137-146(49-16,50-17)51-18)106(84-86-112(122)125-32)109(131-120)88-98(78-72-70-68-66-64-62-61-63-65-67-69-71-77-94(28)115(138-147(52-19,53-20)54-21)95(29)96(30)128-113(123)90-100(87-99)133-142(37-4,38-5)39-6)130-118-117(140-149(58-25,59-26)60-27)114(116(97(31)129-118)139-148(55-22,56-23)57-24)121-119(124)127-93-107-104-81-75-73-79-102(104)103-80-74-76-82-105(103)107/h61-82,84,86,94-101,106-111,114-118H,34-60,83,85,87-93H2,1-33H3,(H,121,124)/b62-61+,65-63+,66-64+,69-67+,70-68+,77-71+,78-72+,86-84+/t94-,95-,96-,97+,98-,99+,100+,101-,106-,108+,109-,110+,111-,114-,115+,116+,117-,118-,120+/m0/s1. The van der Waals surface area contributed by atoms with E-state index < -0.39 is 178 Å². The van der Waals surface area contributed by atoms with Crippen molar-refractivity contribution in [1.29, 1.82) is 0 Å². The molecule has 29 heteroatoms. The van der Waals surface area contributed by atoms with Gasteiger partial charge in [-0.3, -0.25) is 4.79 Å². The molecule has 1 N–H and O–H groups in total. The number of rotatable bonds is 53. The average Bonchev–Trinajstić information content (AvgIpc) is 1.48. The van der Waals surface area contributed by atoms with Crippen molar-refractivity contribution in [3.8, 4) is 11.1 Å². The third kappa shape index (κ3) is 37.0. The van der Waals surface area contributed by atoms with E-state index in [0.29, 0.717) is 38.5 Å². The highest BCUT2D eigenvalue weighted by Crippen LogP contribution is 2.50. The molecule has 20 nitrogen and oxygen atoms in total. The molecule has 2 bridgehead atoms. The second-order valence-electron chi connectivity index (χ2n) is 43.7. The Morgan fingerprint density at radius 1 is 0.396 bits per heavy atom. The molecule has 19 atom stereocenters. The largest absolute Gasteiger partial charge is 0.466 e. The fourth-order valence-electron chi connectivity index (χ4n) is 24.2. The molecule has 0 saturated carbocycles. The molecule has 149 heavy (non-hydrogen) atoms. The van der Waals surface area contributed by atoms with Crippen LogP contribution in [0.3, 0.4) is 0 Å². The molecule has 1 amide bonds. The fourth-order valence-corrected chi connectivity index (χ4v) is 50.3. The van der Waals surface area contributed by atoms with E-state index >= 15 is 9.59 Å². The van der Waals surface area contributed by atoms with Gasteiger partial charge in [0.2, 0.25) is 0 Å². The molecule has 2 aromatic carbocycles. The minimum atomic E-state index is -2.72. The molecule has 0 unspecified atom stereocenters. The first-order valence-electron chi connectivity index (χ1n) is 59.8. The molecule has 0 radical (unpaired) electrons. The predicted octanol–water partition coefficient (Wildman–Crippen LogP) is 32.9. The maximum atomic E-state index is 15.6. The van der Waals surface area contributed by atoms with Crippen molar-refractivity contribution in [2.75, 3.05) is 20.8 Å². The van der Waals surface area contributed by atoms with Gasteiger partial charge in [0, 0.05) is 56.3 Å². The molecular weight excluding hydrogens is 2010 g/mol. The first-order valence-corrected chi connectivity index (χ1v) is 82.6. The topological polar surface area (TPSA) is 211 Å². The molecule has 0 spiro atoms. The van der Waals surface area contributed by atoms with E-state index in [4.69, 9.17) is 73.0 Å². The minimum Gasteiger partial charge on any atom is -0.466 e. The van der Waals surface area contributed by atoms with Crippen LogP contribution in [0.15, 0.2) is 146 Å². The lowest BCUT2D eigenvalue weighted by Crippen LogP contribution is -2.69. The van der Waals surface area contributed by atoms with Crippen molar-refractivity contribution in [1.82, 2.24) is 5.32 Å². The second-order valence-corrected chi connectivity index (χ2v) is 86.3. The molecule has 3 aliphatic heterocycles. The molecule has 850 valence electrons. The maximum absolute atomic E-state index is 15.6. The highest BCUT2D eigenvalue weighted by molar-refractivity contribution is 6.77. The van der Waals surface area contributed by atoms with E-state index in [2.05, 4.69) is 299 Å². The van der Waals surface area contributed by atoms with Crippen molar-refractivity contribution in [3.05, 3.63) is 157 Å². The van der Waals surface area contributed by atoms with Crippen LogP contribution in [0.4, 0.5) is 4.79 Å². The number of amides is 1. The van der Waals surface area contributed by atoms with Gasteiger partial charge < -0.3 is 78.3 Å². The van der Waals surface area contributed by atoms with Crippen molar-refractivity contribution < 1.29 is 87.4 Å². The SMILES string of the molecule is CC[Si](CC)(CC)O[C@@H]1CC[C@@H](O[Si](CC)(CC)CC)[C@H](O[Si](CC)(CC)CC)C[C@H](O[Si](CC)(CC)CC)C[C@]2(OC)C[C@H](O[Si](CC)(CC)CC)[C@@H](/C=C/C(=O)OC)[C@H](C[C@@H](O[C@@H]3O[C@H](C)[C@@H](O[Si](CC)(CC)CC)[C@H](NC(=O)OCC4c5ccccc5-c5ccccc54)[C@@H]3O[Si](CC)(CC)CC)/C=C/C=C/C=C/C=C/C=C/C=C/C=C/[C@H](C)[C@@H](O[Si](CC)(CC)CC)[C@@H](C)[C@H](C)OC(=O)C[C@H](O[Si](CC)(CC)CC)C1)O2. The maximum Gasteiger partial charge on any atom is 0.407 e. The summed E-state index contributed by atoms with van der Waals surface area (Å²) in [5, 5.41) is 3.54. The lowest BCUT2D eigenvalue weighted by molar-refractivity contribution is -0.312. The van der Waals surface area contributed by atoms with Crippen LogP contribution in [-0.4, -0.2) is 211 Å². The molecule has 1 aliphatic carbocycles. The fraction of sp³-hybridized carbons (Fsp3) is 0.742. The van der Waals surface area contributed by atoms with E-state index in [1.807, 2.05) is 67.9 Å². The number of nitrogens with one attached hydrogen (secondary N) is 1. The lowest BCUT2D eigenvalue weighted by Gasteiger charge is -2.52. The molecule has 4 aliphatic rings. The molecule has 6 rings (SSSR count). The van der Waals surface area contributed by atoms with Crippen LogP contribution in [0.1, 0.15) is 283 Å². The Morgan fingerprint density at radius 3 is 1.20 bits per heavy atom. The van der Waals surface area contributed by atoms with E-state index in [-0.39, 0.29) is 55.4 Å². The van der Waals surface area contributed by atoms with Crippen molar-refractivity contribution in [2.24, 2.45) is 17.8 Å². The number of ether oxygens (including phenoxy) is 7. The van der Waals surface area contributed by atoms with Gasteiger partial charge in [0.1, 0.15) is 18.8 Å². The van der Waals surface area contributed by atoms with Crippen molar-refractivity contribution >= 4 is 92.9 Å². The summed E-state index contributed by atoms with van der Waals surface area (Å²) < 4.78 is 123. The van der Waals surface area contributed by atoms with Crippen LogP contribution in [0.5, 0.6) is 0 Å². The summed E-state index contributed by atoms with van der Waals surface area (Å²) in [6, 6.07) is 40.4. The molecule has 3 heterocycles. The summed E-state index contributed by atoms with van der Waals surface area (Å²) in [5.74, 6) is -3.05. The van der Waals surface area contributed by atoms with Gasteiger partial charge in [-0.15, -0.1) is 0 Å². The summed E-state index contributed by atoms with van der Waals surface area (Å²) >= 11 is 0. The summed E-state index contributed by atoms with van der Waals surface area (Å²) in [6.45, 7) is 70.8. The second kappa shape index (κ2) is 66.1. The smallest absolute Gasteiger partial charge is 0.407 e. The molecular formula is C120H215NO19Si9. The van der Waals surface area contributed by atoms with Gasteiger partial charge in [-0.2, -0.15) is 0 Å². The van der Waals surface area contributed by atoms with E-state index in [0.717, 1.165) is 185 Å². The monoisotopic (exact) mass is 2230 g/mol. The number of methoxy groups -OCH3 is 2. The molecule has 2 fully saturated rings. The van der Waals surface area contributed by atoms with Crippen LogP contribution < -0.4 is 5.32 Å². The van der Waals surface area contributed by atoms with Gasteiger partial charge in [-0.05, 0) is 231 Å². The number of allylic oxidation sites excluding steroid dienone is 12. The van der Waals surface area contributed by atoms with Crippen LogP contribution in [0.25, 0.3) is 11.1 Å². The van der Waals surface area contributed by atoms with Gasteiger partial charge in [-0.1, -0.05) is 340 Å².